The molecule has 0 amide bonds. The molecule has 3 aromatic rings. The maximum Gasteiger partial charge on any atom is 0.239 e. The van der Waals surface area contributed by atoms with Gasteiger partial charge in [-0.3, -0.25) is 4.72 Å². The molecule has 0 aliphatic carbocycles. The van der Waals surface area contributed by atoms with Gasteiger partial charge in [-0.15, -0.1) is 0 Å². The number of aromatic amines is 1. The highest BCUT2D eigenvalue weighted by Crippen LogP contribution is 2.15. The lowest BCUT2D eigenvalue weighted by atomic mass is 10.2. The molecular weight excluding hydrogens is 293 g/mol. The van der Waals surface area contributed by atoms with Crippen molar-refractivity contribution >= 4 is 27.0 Å². The van der Waals surface area contributed by atoms with Gasteiger partial charge >= 0.3 is 0 Å². The van der Waals surface area contributed by atoms with Crippen LogP contribution in [-0.2, 0) is 15.8 Å². The summed E-state index contributed by atoms with van der Waals surface area (Å²) in [6, 6.07) is 12.6. The zero-order valence-electron chi connectivity index (χ0n) is 10.9. The lowest BCUT2D eigenvalue weighted by Gasteiger charge is -2.05. The van der Waals surface area contributed by atoms with Crippen molar-refractivity contribution < 1.29 is 12.8 Å². The van der Waals surface area contributed by atoms with Gasteiger partial charge in [-0.05, 0) is 29.8 Å². The number of para-hydroxylation sites is 2. The molecular formula is C14H12FN3O2S. The molecule has 7 heteroatoms. The Labute approximate surface area is 120 Å². The van der Waals surface area contributed by atoms with E-state index in [0.717, 1.165) is 5.52 Å². The van der Waals surface area contributed by atoms with E-state index >= 15 is 0 Å². The number of anilines is 1. The first-order valence-corrected chi connectivity index (χ1v) is 7.87. The summed E-state index contributed by atoms with van der Waals surface area (Å²) in [5, 5.41) is 0. The Balaban J connectivity index is 1.80. The molecule has 1 heterocycles. The second-order valence-electron chi connectivity index (χ2n) is 4.59. The quantitative estimate of drug-likeness (QED) is 0.778. The topological polar surface area (TPSA) is 74.8 Å². The molecule has 0 radical (unpaired) electrons. The van der Waals surface area contributed by atoms with Crippen LogP contribution in [0.5, 0.6) is 0 Å². The Hall–Kier alpha value is -2.41. The van der Waals surface area contributed by atoms with Crippen LogP contribution in [0.4, 0.5) is 10.3 Å². The minimum absolute atomic E-state index is 0.165. The van der Waals surface area contributed by atoms with Crippen molar-refractivity contribution in [3.05, 3.63) is 59.9 Å². The van der Waals surface area contributed by atoms with Gasteiger partial charge in [0.05, 0.1) is 16.8 Å². The van der Waals surface area contributed by atoms with Gasteiger partial charge in [0.25, 0.3) is 0 Å². The van der Waals surface area contributed by atoms with Crippen LogP contribution in [0.1, 0.15) is 5.56 Å². The maximum absolute atomic E-state index is 12.8. The molecule has 0 aliphatic heterocycles. The zero-order chi connectivity index (χ0) is 14.9. The van der Waals surface area contributed by atoms with Gasteiger partial charge < -0.3 is 4.98 Å². The fraction of sp³-hybridized carbons (Fsp3) is 0.0714. The van der Waals surface area contributed by atoms with Crippen LogP contribution >= 0.6 is 0 Å². The molecule has 0 spiro atoms. The van der Waals surface area contributed by atoms with Crippen LogP contribution in [0.25, 0.3) is 11.0 Å². The standard InChI is InChI=1S/C14H12FN3O2S/c15-11-7-5-10(6-8-11)9-21(19,20)18-14-16-12-3-1-2-4-13(12)17-14/h1-8H,9H2,(H2,16,17,18). The van der Waals surface area contributed by atoms with E-state index in [2.05, 4.69) is 14.7 Å². The Morgan fingerprint density at radius 2 is 1.81 bits per heavy atom. The summed E-state index contributed by atoms with van der Waals surface area (Å²) >= 11 is 0. The molecule has 2 N–H and O–H groups in total. The molecule has 3 rings (SSSR count). The molecule has 1 aromatic heterocycles. The number of imidazole rings is 1. The van der Waals surface area contributed by atoms with E-state index < -0.39 is 15.8 Å². The average molecular weight is 305 g/mol. The minimum atomic E-state index is -3.61. The lowest BCUT2D eigenvalue weighted by Crippen LogP contribution is -2.15. The summed E-state index contributed by atoms with van der Waals surface area (Å²) in [6.07, 6.45) is 0. The predicted molar refractivity (Wildman–Crippen MR) is 78.7 cm³/mol. The molecule has 0 unspecified atom stereocenters. The summed E-state index contributed by atoms with van der Waals surface area (Å²) in [5.41, 5.74) is 1.92. The number of hydrogen-bond donors (Lipinski definition) is 2. The molecule has 0 saturated heterocycles. The predicted octanol–water partition coefficient (Wildman–Crippen LogP) is 2.64. The number of halogens is 1. The van der Waals surface area contributed by atoms with E-state index in [4.69, 9.17) is 0 Å². The van der Waals surface area contributed by atoms with E-state index in [1.54, 1.807) is 12.1 Å². The molecule has 5 nitrogen and oxygen atoms in total. The van der Waals surface area contributed by atoms with Crippen LogP contribution in [0.3, 0.4) is 0 Å². The number of fused-ring (bicyclic) bond motifs is 1. The Morgan fingerprint density at radius 1 is 1.10 bits per heavy atom. The highest BCUT2D eigenvalue weighted by atomic mass is 32.2. The summed E-state index contributed by atoms with van der Waals surface area (Å²) in [6.45, 7) is 0. The number of nitrogens with one attached hydrogen (secondary N) is 2. The fourth-order valence-electron chi connectivity index (χ4n) is 1.98. The van der Waals surface area contributed by atoms with E-state index in [-0.39, 0.29) is 11.7 Å². The second kappa shape index (κ2) is 5.17. The highest BCUT2D eigenvalue weighted by Gasteiger charge is 2.14. The molecule has 108 valence electrons. The third-order valence-corrected chi connectivity index (χ3v) is 4.13. The number of sulfonamides is 1. The van der Waals surface area contributed by atoms with Gasteiger partial charge in [0, 0.05) is 0 Å². The largest absolute Gasteiger partial charge is 0.323 e. The normalized spacial score (nSPS) is 11.7. The monoisotopic (exact) mass is 305 g/mol. The van der Waals surface area contributed by atoms with Gasteiger partial charge in [-0.25, -0.2) is 17.8 Å². The number of H-pyrrole nitrogens is 1. The van der Waals surface area contributed by atoms with Crippen molar-refractivity contribution in [1.29, 1.82) is 0 Å². The van der Waals surface area contributed by atoms with Crippen LogP contribution in [0.2, 0.25) is 0 Å². The van der Waals surface area contributed by atoms with Crippen molar-refractivity contribution in [3.8, 4) is 0 Å². The third kappa shape index (κ3) is 3.19. The Kier molecular flexibility index (Phi) is 3.34. The number of aromatic nitrogens is 2. The zero-order valence-corrected chi connectivity index (χ0v) is 11.7. The summed E-state index contributed by atoms with van der Waals surface area (Å²) in [4.78, 5) is 7.03. The van der Waals surface area contributed by atoms with Gasteiger partial charge in [-0.1, -0.05) is 24.3 Å². The number of hydrogen-bond acceptors (Lipinski definition) is 3. The van der Waals surface area contributed by atoms with E-state index in [9.17, 15) is 12.8 Å². The summed E-state index contributed by atoms with van der Waals surface area (Å²) in [7, 11) is -3.61. The SMILES string of the molecule is O=S(=O)(Cc1ccc(F)cc1)Nc1nc2ccccc2[nH]1. The smallest absolute Gasteiger partial charge is 0.239 e. The second-order valence-corrected chi connectivity index (χ2v) is 6.31. The Bertz CT molecular complexity index is 840. The van der Waals surface area contributed by atoms with Gasteiger partial charge in [0.2, 0.25) is 16.0 Å². The fourth-order valence-corrected chi connectivity index (χ4v) is 3.08. The Morgan fingerprint density at radius 3 is 2.52 bits per heavy atom. The van der Waals surface area contributed by atoms with Crippen LogP contribution < -0.4 is 4.72 Å². The first kappa shape index (κ1) is 13.6. The van der Waals surface area contributed by atoms with Crippen molar-refractivity contribution in [2.75, 3.05) is 4.72 Å². The number of nitrogens with zero attached hydrogens (tertiary/aromatic N) is 1. The summed E-state index contributed by atoms with van der Waals surface area (Å²) < 4.78 is 39.3. The van der Waals surface area contributed by atoms with E-state index in [0.29, 0.717) is 11.1 Å². The van der Waals surface area contributed by atoms with Gasteiger partial charge in [-0.2, -0.15) is 0 Å². The van der Waals surface area contributed by atoms with Crippen molar-refractivity contribution in [2.24, 2.45) is 0 Å². The molecule has 21 heavy (non-hydrogen) atoms. The van der Waals surface area contributed by atoms with E-state index in [1.165, 1.54) is 24.3 Å². The highest BCUT2D eigenvalue weighted by molar-refractivity contribution is 7.91. The van der Waals surface area contributed by atoms with Crippen LogP contribution in [-0.4, -0.2) is 18.4 Å². The van der Waals surface area contributed by atoms with Crippen LogP contribution in [0.15, 0.2) is 48.5 Å². The van der Waals surface area contributed by atoms with Crippen molar-refractivity contribution in [3.63, 3.8) is 0 Å². The lowest BCUT2D eigenvalue weighted by molar-refractivity contribution is 0.599. The molecule has 0 aliphatic rings. The van der Waals surface area contributed by atoms with E-state index in [1.807, 2.05) is 12.1 Å². The summed E-state index contributed by atoms with van der Waals surface area (Å²) in [5.74, 6) is -0.482. The minimum Gasteiger partial charge on any atom is -0.323 e. The number of benzene rings is 2. The average Bonchev–Trinajstić information content (AvgIpc) is 2.82. The molecule has 0 fully saturated rings. The molecule has 0 bridgehead atoms. The number of rotatable bonds is 4. The van der Waals surface area contributed by atoms with Crippen molar-refractivity contribution in [2.45, 2.75) is 5.75 Å². The first-order valence-electron chi connectivity index (χ1n) is 6.21. The molecule has 2 aromatic carbocycles. The van der Waals surface area contributed by atoms with Crippen LogP contribution in [0, 0.1) is 5.82 Å². The van der Waals surface area contributed by atoms with Gasteiger partial charge in [0.15, 0.2) is 0 Å². The maximum atomic E-state index is 12.8. The van der Waals surface area contributed by atoms with Gasteiger partial charge in [0.1, 0.15) is 5.82 Å². The first-order chi connectivity index (χ1) is 10.0. The molecule has 0 saturated carbocycles. The van der Waals surface area contributed by atoms with Crippen molar-refractivity contribution in [1.82, 2.24) is 9.97 Å². The molecule has 0 atom stereocenters. The third-order valence-electron chi connectivity index (χ3n) is 2.91.